The lowest BCUT2D eigenvalue weighted by Crippen LogP contribution is -2.38. The van der Waals surface area contributed by atoms with Crippen LogP contribution < -0.4 is 5.32 Å². The molecule has 0 radical (unpaired) electrons. The average molecular weight is 253 g/mol. The molecule has 0 bridgehead atoms. The molecule has 0 unspecified atom stereocenters. The number of rotatable bonds is 5. The van der Waals surface area contributed by atoms with Crippen LogP contribution in [0.15, 0.2) is 10.8 Å². The maximum atomic E-state index is 12.0. The highest BCUT2D eigenvalue weighted by Crippen LogP contribution is 2.34. The molecule has 4 nitrogen and oxygen atoms in total. The van der Waals surface area contributed by atoms with Gasteiger partial charge in [0.15, 0.2) is 0 Å². The van der Waals surface area contributed by atoms with Crippen LogP contribution in [-0.2, 0) is 4.79 Å². The summed E-state index contributed by atoms with van der Waals surface area (Å²) in [5, 5.41) is 15.4. The van der Waals surface area contributed by atoms with Gasteiger partial charge < -0.3 is 10.4 Å². The quantitative estimate of drug-likeness (QED) is 0.844. The van der Waals surface area contributed by atoms with Crippen molar-refractivity contribution < 1.29 is 14.7 Å². The van der Waals surface area contributed by atoms with Crippen LogP contribution in [0, 0.1) is 12.8 Å². The van der Waals surface area contributed by atoms with Crippen molar-refractivity contribution >= 4 is 23.2 Å². The van der Waals surface area contributed by atoms with Crippen LogP contribution in [0.1, 0.15) is 35.2 Å². The van der Waals surface area contributed by atoms with Gasteiger partial charge >= 0.3 is 5.97 Å². The van der Waals surface area contributed by atoms with E-state index in [1.54, 1.807) is 5.38 Å². The van der Waals surface area contributed by atoms with E-state index in [0.29, 0.717) is 11.5 Å². The van der Waals surface area contributed by atoms with Crippen molar-refractivity contribution in [2.24, 2.45) is 5.92 Å². The van der Waals surface area contributed by atoms with Crippen molar-refractivity contribution in [3.05, 3.63) is 21.9 Å². The summed E-state index contributed by atoms with van der Waals surface area (Å²) >= 11 is 1.48. The van der Waals surface area contributed by atoms with Crippen LogP contribution in [-0.4, -0.2) is 23.0 Å². The van der Waals surface area contributed by atoms with Crippen molar-refractivity contribution in [3.63, 3.8) is 0 Å². The molecule has 92 valence electrons. The molecule has 1 amide bonds. The number of carbonyl (C=O) groups is 2. The van der Waals surface area contributed by atoms with Crippen LogP contribution in [0.25, 0.3) is 0 Å². The van der Waals surface area contributed by atoms with E-state index >= 15 is 0 Å². The average Bonchev–Trinajstić information content (AvgIpc) is 3.00. The Bertz CT molecular complexity index is 437. The van der Waals surface area contributed by atoms with Gasteiger partial charge in [0.1, 0.15) is 0 Å². The molecule has 1 saturated carbocycles. The first-order chi connectivity index (χ1) is 8.08. The van der Waals surface area contributed by atoms with Crippen molar-refractivity contribution in [3.8, 4) is 0 Å². The summed E-state index contributed by atoms with van der Waals surface area (Å²) in [6.45, 7) is 1.88. The van der Waals surface area contributed by atoms with E-state index in [9.17, 15) is 9.59 Å². The summed E-state index contributed by atoms with van der Waals surface area (Å²) in [4.78, 5) is 22.7. The zero-order valence-corrected chi connectivity index (χ0v) is 10.4. The molecule has 2 N–H and O–H groups in total. The SMILES string of the molecule is Cc1cscc1C(=O)N[C@H](CC(=O)O)C1CC1. The highest BCUT2D eigenvalue weighted by molar-refractivity contribution is 7.08. The zero-order chi connectivity index (χ0) is 12.4. The van der Waals surface area contributed by atoms with Crippen molar-refractivity contribution in [2.75, 3.05) is 0 Å². The fourth-order valence-electron chi connectivity index (χ4n) is 1.86. The fraction of sp³-hybridized carbons (Fsp3) is 0.500. The molecule has 1 fully saturated rings. The molecule has 17 heavy (non-hydrogen) atoms. The molecule has 1 aromatic heterocycles. The van der Waals surface area contributed by atoms with E-state index in [1.807, 2.05) is 12.3 Å². The molecular weight excluding hydrogens is 238 g/mol. The van der Waals surface area contributed by atoms with E-state index in [2.05, 4.69) is 5.32 Å². The molecule has 2 rings (SSSR count). The third-order valence-corrected chi connectivity index (χ3v) is 3.86. The van der Waals surface area contributed by atoms with Gasteiger partial charge in [0, 0.05) is 11.4 Å². The number of hydrogen-bond acceptors (Lipinski definition) is 3. The van der Waals surface area contributed by atoms with Gasteiger partial charge in [-0.3, -0.25) is 9.59 Å². The van der Waals surface area contributed by atoms with Crippen molar-refractivity contribution in [1.29, 1.82) is 0 Å². The summed E-state index contributed by atoms with van der Waals surface area (Å²) < 4.78 is 0. The number of aryl methyl sites for hydroxylation is 1. The molecule has 1 aromatic rings. The van der Waals surface area contributed by atoms with Crippen LogP contribution in [0.5, 0.6) is 0 Å². The van der Waals surface area contributed by atoms with Crippen LogP contribution in [0.2, 0.25) is 0 Å². The summed E-state index contributed by atoms with van der Waals surface area (Å²) in [5.74, 6) is -0.667. The number of carbonyl (C=O) groups excluding carboxylic acids is 1. The number of thiophene rings is 1. The monoisotopic (exact) mass is 253 g/mol. The number of hydrogen-bond donors (Lipinski definition) is 2. The van der Waals surface area contributed by atoms with E-state index in [1.165, 1.54) is 11.3 Å². The van der Waals surface area contributed by atoms with E-state index in [4.69, 9.17) is 5.11 Å². The fourth-order valence-corrected chi connectivity index (χ4v) is 2.69. The Hall–Kier alpha value is -1.36. The first-order valence-corrected chi connectivity index (χ1v) is 6.57. The van der Waals surface area contributed by atoms with Gasteiger partial charge in [0.05, 0.1) is 12.0 Å². The normalized spacial score (nSPS) is 16.5. The van der Waals surface area contributed by atoms with Crippen LogP contribution >= 0.6 is 11.3 Å². The number of carboxylic acids is 1. The summed E-state index contributed by atoms with van der Waals surface area (Å²) in [6.07, 6.45) is 2.04. The minimum atomic E-state index is -0.857. The topological polar surface area (TPSA) is 66.4 Å². The lowest BCUT2D eigenvalue weighted by Gasteiger charge is -2.16. The predicted octanol–water partition coefficient (Wildman–Crippen LogP) is 2.04. The Balaban J connectivity index is 2.00. The largest absolute Gasteiger partial charge is 0.481 e. The summed E-state index contributed by atoms with van der Waals surface area (Å²) in [5.41, 5.74) is 1.60. The molecule has 5 heteroatoms. The highest BCUT2D eigenvalue weighted by Gasteiger charge is 2.34. The Morgan fingerprint density at radius 3 is 2.71 bits per heavy atom. The van der Waals surface area contributed by atoms with E-state index in [0.717, 1.165) is 18.4 Å². The first-order valence-electron chi connectivity index (χ1n) is 5.63. The third-order valence-electron chi connectivity index (χ3n) is 3.00. The van der Waals surface area contributed by atoms with Crippen LogP contribution in [0.4, 0.5) is 0 Å². The molecule has 1 aliphatic rings. The standard InChI is InChI=1S/C12H15NO3S/c1-7-5-17-6-9(7)12(16)13-10(4-11(14)15)8-2-3-8/h5-6,8,10H,2-4H2,1H3,(H,13,16)(H,14,15)/t10-/m1/s1. The Labute approximate surface area is 104 Å². The van der Waals surface area contributed by atoms with Crippen LogP contribution in [0.3, 0.4) is 0 Å². The van der Waals surface area contributed by atoms with E-state index in [-0.39, 0.29) is 18.4 Å². The molecule has 0 aliphatic heterocycles. The Morgan fingerprint density at radius 2 is 2.24 bits per heavy atom. The second kappa shape index (κ2) is 4.87. The lowest BCUT2D eigenvalue weighted by atomic mass is 10.1. The molecule has 0 saturated heterocycles. The van der Waals surface area contributed by atoms with Gasteiger partial charge in [-0.05, 0) is 36.6 Å². The Morgan fingerprint density at radius 1 is 1.53 bits per heavy atom. The van der Waals surface area contributed by atoms with Gasteiger partial charge in [-0.25, -0.2) is 0 Å². The van der Waals surface area contributed by atoms with Crippen molar-refractivity contribution in [1.82, 2.24) is 5.32 Å². The van der Waals surface area contributed by atoms with E-state index < -0.39 is 5.97 Å². The third kappa shape index (κ3) is 3.06. The highest BCUT2D eigenvalue weighted by atomic mass is 32.1. The number of aliphatic carboxylic acids is 1. The first kappa shape index (κ1) is 12.1. The second-order valence-electron chi connectivity index (χ2n) is 4.48. The Kier molecular flexibility index (Phi) is 3.47. The minimum absolute atomic E-state index is 0.0135. The molecule has 1 heterocycles. The van der Waals surface area contributed by atoms with Gasteiger partial charge in [-0.15, -0.1) is 0 Å². The molecule has 1 atom stereocenters. The van der Waals surface area contributed by atoms with Gasteiger partial charge in [-0.2, -0.15) is 11.3 Å². The van der Waals surface area contributed by atoms with Gasteiger partial charge in [0.25, 0.3) is 5.91 Å². The second-order valence-corrected chi connectivity index (χ2v) is 5.23. The maximum absolute atomic E-state index is 12.0. The predicted molar refractivity (Wildman–Crippen MR) is 65.3 cm³/mol. The number of carboxylic acid groups (broad SMARTS) is 1. The van der Waals surface area contributed by atoms with Gasteiger partial charge in [0.2, 0.25) is 0 Å². The smallest absolute Gasteiger partial charge is 0.305 e. The molecule has 0 spiro atoms. The molecule has 0 aromatic carbocycles. The molecule has 1 aliphatic carbocycles. The maximum Gasteiger partial charge on any atom is 0.305 e. The summed E-state index contributed by atoms with van der Waals surface area (Å²) in [7, 11) is 0. The minimum Gasteiger partial charge on any atom is -0.481 e. The molecular formula is C12H15NO3S. The number of amides is 1. The van der Waals surface area contributed by atoms with Crippen molar-refractivity contribution in [2.45, 2.75) is 32.2 Å². The van der Waals surface area contributed by atoms with Gasteiger partial charge in [-0.1, -0.05) is 0 Å². The summed E-state index contributed by atoms with van der Waals surface area (Å²) in [6, 6.07) is -0.223. The lowest BCUT2D eigenvalue weighted by molar-refractivity contribution is -0.137. The number of nitrogens with one attached hydrogen (secondary N) is 1. The zero-order valence-electron chi connectivity index (χ0n) is 9.60.